The average molecular weight is 602 g/mol. The Hall–Kier alpha value is -4.47. The molecule has 1 atom stereocenters. The van der Waals surface area contributed by atoms with E-state index >= 15 is 0 Å². The summed E-state index contributed by atoms with van der Waals surface area (Å²) in [5.74, 6) is 0.347. The van der Waals surface area contributed by atoms with Crippen LogP contribution in [-0.4, -0.2) is 48.7 Å². The quantitative estimate of drug-likeness (QED) is 0.260. The number of aromatic amines is 1. The number of nitrogens with one attached hydrogen (secondary N) is 3. The highest BCUT2D eigenvalue weighted by molar-refractivity contribution is 7.83. The molecule has 5 rings (SSSR count). The fraction of sp³-hybridized carbons (Fsp3) is 0.355. The van der Waals surface area contributed by atoms with Crippen molar-refractivity contribution < 1.29 is 13.7 Å². The number of fused-ring (bicyclic) bond motifs is 1. The molecule has 1 aliphatic heterocycles. The van der Waals surface area contributed by atoms with E-state index < -0.39 is 22.1 Å². The van der Waals surface area contributed by atoms with Crippen molar-refractivity contribution in [3.05, 3.63) is 82.8 Å². The van der Waals surface area contributed by atoms with Gasteiger partial charge in [0.1, 0.15) is 22.0 Å². The van der Waals surface area contributed by atoms with Gasteiger partial charge >= 0.3 is 6.09 Å². The number of likely N-dealkylation sites (tertiary alicyclic amines) is 1. The van der Waals surface area contributed by atoms with Crippen LogP contribution in [0.3, 0.4) is 0 Å². The molecule has 43 heavy (non-hydrogen) atoms. The van der Waals surface area contributed by atoms with Crippen LogP contribution in [0.5, 0.6) is 0 Å². The fourth-order valence-electron chi connectivity index (χ4n) is 5.20. The number of anilines is 2. The van der Waals surface area contributed by atoms with Gasteiger partial charge in [0.2, 0.25) is 0 Å². The molecule has 0 bridgehead atoms. The lowest BCUT2D eigenvalue weighted by Crippen LogP contribution is -2.49. The van der Waals surface area contributed by atoms with Crippen molar-refractivity contribution >= 4 is 39.5 Å². The molecular formula is C31H35N7O4S. The maximum Gasteiger partial charge on any atom is 0.410 e. The standard InChI is InChI=1S/C31H35N7O4S/c1-30(2,3)42-29(40)37-19-15-31(14-17-32,16-20-37)38-25-13-18-33-28(39)26(25)27(36-38)35-23-9-11-24(12-10-23)43(41)34-21-22-7-5-4-6-8-22/h4-13,18,34H,14-16,19-21H2,1-3H3,(H,33,39)(H,35,36). The summed E-state index contributed by atoms with van der Waals surface area (Å²) in [6.07, 6.45) is 2.28. The Morgan fingerprint density at radius 1 is 1.12 bits per heavy atom. The van der Waals surface area contributed by atoms with Crippen LogP contribution in [0.25, 0.3) is 10.9 Å². The Balaban J connectivity index is 1.37. The number of piperidine rings is 1. The van der Waals surface area contributed by atoms with Gasteiger partial charge in [-0.2, -0.15) is 10.4 Å². The van der Waals surface area contributed by atoms with Crippen LogP contribution < -0.4 is 15.6 Å². The summed E-state index contributed by atoms with van der Waals surface area (Å²) >= 11 is 0. The zero-order valence-electron chi connectivity index (χ0n) is 24.4. The Kier molecular flexibility index (Phi) is 8.66. The third-order valence-corrected chi connectivity index (χ3v) is 8.50. The predicted molar refractivity (Wildman–Crippen MR) is 165 cm³/mol. The third-order valence-electron chi connectivity index (χ3n) is 7.39. The second-order valence-corrected chi connectivity index (χ2v) is 12.9. The van der Waals surface area contributed by atoms with Gasteiger partial charge in [-0.1, -0.05) is 30.3 Å². The summed E-state index contributed by atoms with van der Waals surface area (Å²) in [5.41, 5.74) is 0.649. The molecule has 0 aliphatic carbocycles. The molecule has 11 nitrogen and oxygen atoms in total. The molecule has 0 radical (unpaired) electrons. The molecular weight excluding hydrogens is 566 g/mol. The number of carbonyl (C=O) groups excluding carboxylic acids is 1. The summed E-state index contributed by atoms with van der Waals surface area (Å²) < 4.78 is 23.1. The Labute approximate surface area is 252 Å². The maximum absolute atomic E-state index is 13.0. The zero-order valence-corrected chi connectivity index (χ0v) is 25.2. The van der Waals surface area contributed by atoms with Crippen molar-refractivity contribution in [1.29, 1.82) is 5.26 Å². The highest BCUT2D eigenvalue weighted by Gasteiger charge is 2.41. The number of aromatic nitrogens is 3. The minimum Gasteiger partial charge on any atom is -0.444 e. The maximum atomic E-state index is 13.0. The molecule has 12 heteroatoms. The molecule has 1 amide bonds. The molecule has 2 aromatic carbocycles. The molecule has 0 spiro atoms. The van der Waals surface area contributed by atoms with E-state index in [9.17, 15) is 19.1 Å². The molecule has 3 N–H and O–H groups in total. The molecule has 1 unspecified atom stereocenters. The van der Waals surface area contributed by atoms with E-state index in [-0.39, 0.29) is 18.1 Å². The molecule has 3 heterocycles. The minimum atomic E-state index is -1.40. The Morgan fingerprint density at radius 3 is 2.47 bits per heavy atom. The SMILES string of the molecule is CC(C)(C)OC(=O)N1CCC(CC#N)(n2nc(Nc3ccc(S(=O)NCc4ccccc4)cc3)c3c(=O)[nH]ccc32)CC1. The normalized spacial score (nSPS) is 15.5. The predicted octanol–water partition coefficient (Wildman–Crippen LogP) is 4.92. The van der Waals surface area contributed by atoms with E-state index in [1.807, 2.05) is 51.1 Å². The lowest BCUT2D eigenvalue weighted by atomic mass is 9.85. The van der Waals surface area contributed by atoms with E-state index in [1.165, 1.54) is 0 Å². The van der Waals surface area contributed by atoms with Crippen LogP contribution in [-0.2, 0) is 27.8 Å². The number of H-pyrrole nitrogens is 1. The van der Waals surface area contributed by atoms with Gasteiger partial charge in [-0.25, -0.2) is 13.7 Å². The number of carbonyl (C=O) groups is 1. The van der Waals surface area contributed by atoms with Gasteiger partial charge in [0, 0.05) is 31.5 Å². The average Bonchev–Trinajstić information content (AvgIpc) is 3.36. The molecule has 4 aromatic rings. The largest absolute Gasteiger partial charge is 0.444 e. The van der Waals surface area contributed by atoms with Gasteiger partial charge in [-0.05, 0) is 69.5 Å². The van der Waals surface area contributed by atoms with Crippen LogP contribution in [0.4, 0.5) is 16.3 Å². The summed E-state index contributed by atoms with van der Waals surface area (Å²) in [7, 11) is -1.40. The number of amides is 1. The fourth-order valence-corrected chi connectivity index (χ4v) is 6.04. The van der Waals surface area contributed by atoms with Crippen molar-refractivity contribution in [1.82, 2.24) is 24.4 Å². The molecule has 0 saturated carbocycles. The number of nitriles is 1. The van der Waals surface area contributed by atoms with Crippen molar-refractivity contribution in [3.63, 3.8) is 0 Å². The van der Waals surface area contributed by atoms with E-state index in [0.29, 0.717) is 59.8 Å². The summed E-state index contributed by atoms with van der Waals surface area (Å²) in [5, 5.41) is 18.3. The number of hydrogen-bond acceptors (Lipinski definition) is 7. The van der Waals surface area contributed by atoms with Crippen molar-refractivity contribution in [2.24, 2.45) is 0 Å². The van der Waals surface area contributed by atoms with Crippen LogP contribution in [0.15, 0.2) is 76.6 Å². The summed E-state index contributed by atoms with van der Waals surface area (Å²) in [6, 6.07) is 20.9. The van der Waals surface area contributed by atoms with Gasteiger partial charge in [-0.3, -0.25) is 9.48 Å². The first kappa shape index (κ1) is 30.0. The Bertz CT molecular complexity index is 1710. The minimum absolute atomic E-state index is 0.161. The molecule has 1 fully saturated rings. The van der Waals surface area contributed by atoms with Gasteiger partial charge in [-0.15, -0.1) is 0 Å². The van der Waals surface area contributed by atoms with Crippen molar-refractivity contribution in [2.75, 3.05) is 18.4 Å². The van der Waals surface area contributed by atoms with Crippen LogP contribution in [0, 0.1) is 11.3 Å². The van der Waals surface area contributed by atoms with E-state index in [0.717, 1.165) is 5.56 Å². The number of nitrogens with zero attached hydrogens (tertiary/aromatic N) is 4. The van der Waals surface area contributed by atoms with Gasteiger partial charge < -0.3 is 19.9 Å². The lowest BCUT2D eigenvalue weighted by Gasteiger charge is -2.41. The summed E-state index contributed by atoms with van der Waals surface area (Å²) in [6.45, 7) is 6.73. The second-order valence-electron chi connectivity index (χ2n) is 11.6. The molecule has 1 aliphatic rings. The zero-order chi connectivity index (χ0) is 30.6. The topological polar surface area (TPSA) is 145 Å². The van der Waals surface area contributed by atoms with Crippen LogP contribution >= 0.6 is 0 Å². The van der Waals surface area contributed by atoms with E-state index in [1.54, 1.807) is 46.1 Å². The number of benzene rings is 2. The lowest BCUT2D eigenvalue weighted by molar-refractivity contribution is 0.0110. The highest BCUT2D eigenvalue weighted by Crippen LogP contribution is 2.37. The highest BCUT2D eigenvalue weighted by atomic mass is 32.2. The van der Waals surface area contributed by atoms with Gasteiger partial charge in [0.25, 0.3) is 5.56 Å². The molecule has 224 valence electrons. The van der Waals surface area contributed by atoms with Crippen LogP contribution in [0.1, 0.15) is 45.6 Å². The number of pyridine rings is 1. The monoisotopic (exact) mass is 601 g/mol. The van der Waals surface area contributed by atoms with E-state index in [4.69, 9.17) is 9.84 Å². The molecule has 2 aromatic heterocycles. The van der Waals surface area contributed by atoms with Crippen molar-refractivity contribution in [3.8, 4) is 6.07 Å². The Morgan fingerprint density at radius 2 is 1.81 bits per heavy atom. The summed E-state index contributed by atoms with van der Waals surface area (Å²) in [4.78, 5) is 30.7. The van der Waals surface area contributed by atoms with Crippen LogP contribution in [0.2, 0.25) is 0 Å². The molecule has 1 saturated heterocycles. The number of hydrogen-bond donors (Lipinski definition) is 3. The van der Waals surface area contributed by atoms with Gasteiger partial charge in [0.05, 0.1) is 28.4 Å². The van der Waals surface area contributed by atoms with E-state index in [2.05, 4.69) is 21.1 Å². The first-order valence-corrected chi connectivity index (χ1v) is 15.3. The second kappa shape index (κ2) is 12.4. The van der Waals surface area contributed by atoms with Gasteiger partial charge in [0.15, 0.2) is 5.82 Å². The third kappa shape index (κ3) is 6.79. The number of ether oxygens (including phenoxy) is 1. The van der Waals surface area contributed by atoms with Crippen molar-refractivity contribution in [2.45, 2.75) is 62.6 Å². The number of rotatable bonds is 8. The smallest absolute Gasteiger partial charge is 0.410 e. The first-order valence-electron chi connectivity index (χ1n) is 14.1. The first-order chi connectivity index (χ1) is 20.6.